The van der Waals surface area contributed by atoms with E-state index in [4.69, 9.17) is 0 Å². The summed E-state index contributed by atoms with van der Waals surface area (Å²) >= 11 is 1.11. The van der Waals surface area contributed by atoms with Gasteiger partial charge in [-0.25, -0.2) is 13.8 Å². The molecule has 1 heterocycles. The first-order chi connectivity index (χ1) is 14.3. The number of carbonyl (C=O) groups excluding carboxylic acids is 1. The maximum atomic E-state index is 14.1. The van der Waals surface area contributed by atoms with Crippen LogP contribution in [0.5, 0.6) is 0 Å². The molecule has 2 aromatic carbocycles. The minimum Gasteiger partial charge on any atom is -0.372 e. The van der Waals surface area contributed by atoms with E-state index in [0.29, 0.717) is 28.5 Å². The molecule has 0 spiro atoms. The Balaban J connectivity index is 0.00000341. The smallest absolute Gasteiger partial charge is 0.260 e. The average molecular weight is 469 g/mol. The third-order valence-corrected chi connectivity index (χ3v) is 5.92. The van der Waals surface area contributed by atoms with E-state index < -0.39 is 11.6 Å². The molecule has 0 bridgehead atoms. The van der Waals surface area contributed by atoms with Crippen LogP contribution >= 0.6 is 23.7 Å². The van der Waals surface area contributed by atoms with Crippen molar-refractivity contribution >= 4 is 50.7 Å². The number of halogens is 3. The van der Waals surface area contributed by atoms with Crippen molar-refractivity contribution in [3.05, 3.63) is 53.6 Å². The molecule has 0 aliphatic heterocycles. The van der Waals surface area contributed by atoms with Crippen LogP contribution in [0.25, 0.3) is 10.2 Å². The van der Waals surface area contributed by atoms with Gasteiger partial charge in [0.2, 0.25) is 0 Å². The molecule has 9 heteroatoms. The molecule has 31 heavy (non-hydrogen) atoms. The van der Waals surface area contributed by atoms with Crippen molar-refractivity contribution < 1.29 is 13.6 Å². The van der Waals surface area contributed by atoms with Gasteiger partial charge in [0.15, 0.2) is 10.9 Å². The van der Waals surface area contributed by atoms with Gasteiger partial charge in [-0.2, -0.15) is 0 Å². The quantitative estimate of drug-likeness (QED) is 0.463. The Labute approximate surface area is 191 Å². The van der Waals surface area contributed by atoms with Crippen LogP contribution in [0.3, 0.4) is 0 Å². The molecule has 168 valence electrons. The second-order valence-corrected chi connectivity index (χ2v) is 8.22. The Morgan fingerprint density at radius 2 is 1.68 bits per heavy atom. The molecule has 0 atom stereocenters. The predicted octanol–water partition coefficient (Wildman–Crippen LogP) is 5.05. The third-order valence-electron chi connectivity index (χ3n) is 4.89. The Morgan fingerprint density at radius 1 is 1.03 bits per heavy atom. The summed E-state index contributed by atoms with van der Waals surface area (Å²) in [7, 11) is 3.82. The summed E-state index contributed by atoms with van der Waals surface area (Å²) in [6.07, 6.45) is 0. The number of aromatic nitrogens is 1. The van der Waals surface area contributed by atoms with Gasteiger partial charge in [0, 0.05) is 43.5 Å². The van der Waals surface area contributed by atoms with Gasteiger partial charge in [0.05, 0.1) is 4.70 Å². The maximum absolute atomic E-state index is 14.1. The third kappa shape index (κ3) is 5.70. The van der Waals surface area contributed by atoms with Crippen LogP contribution in [0, 0.1) is 11.6 Å². The molecule has 1 aromatic heterocycles. The summed E-state index contributed by atoms with van der Waals surface area (Å²) in [4.78, 5) is 23.3. The van der Waals surface area contributed by atoms with Gasteiger partial charge in [-0.1, -0.05) is 11.3 Å². The highest BCUT2D eigenvalue weighted by molar-refractivity contribution is 7.22. The topological polar surface area (TPSA) is 39.7 Å². The van der Waals surface area contributed by atoms with Crippen molar-refractivity contribution in [3.8, 4) is 0 Å². The van der Waals surface area contributed by atoms with Crippen molar-refractivity contribution in [1.29, 1.82) is 0 Å². The van der Waals surface area contributed by atoms with E-state index in [-0.39, 0.29) is 23.8 Å². The standard InChI is InChI=1S/C22H26F2N4OS.ClH/c1-5-27(6-2)17-9-7-15(8-10-17)21(29)28(12-11-26(3)4)22-25-20-18(24)13-16(23)14-19(20)30-22;/h7-10,13-14H,5-6,11-12H2,1-4H3;1H. The summed E-state index contributed by atoms with van der Waals surface area (Å²) in [5.74, 6) is -1.60. The molecule has 5 nitrogen and oxygen atoms in total. The number of nitrogens with zero attached hydrogens (tertiary/aromatic N) is 4. The molecule has 1 amide bonds. The fourth-order valence-electron chi connectivity index (χ4n) is 3.20. The Bertz CT molecular complexity index is 1020. The van der Waals surface area contributed by atoms with Gasteiger partial charge in [-0.15, -0.1) is 12.4 Å². The van der Waals surface area contributed by atoms with Gasteiger partial charge < -0.3 is 9.80 Å². The minimum atomic E-state index is -0.726. The molecular formula is C22H27ClF2N4OS. The van der Waals surface area contributed by atoms with Crippen molar-refractivity contribution in [2.24, 2.45) is 0 Å². The van der Waals surface area contributed by atoms with Crippen LogP contribution in [-0.2, 0) is 0 Å². The molecule has 0 saturated heterocycles. The van der Waals surface area contributed by atoms with Gasteiger partial charge in [-0.05, 0) is 58.3 Å². The summed E-state index contributed by atoms with van der Waals surface area (Å²) in [6.45, 7) is 6.92. The number of fused-ring (bicyclic) bond motifs is 1. The van der Waals surface area contributed by atoms with Crippen LogP contribution in [0.4, 0.5) is 19.6 Å². The first kappa shape index (κ1) is 25.0. The lowest BCUT2D eigenvalue weighted by Gasteiger charge is -2.23. The van der Waals surface area contributed by atoms with E-state index in [2.05, 4.69) is 23.7 Å². The molecule has 3 aromatic rings. The monoisotopic (exact) mass is 468 g/mol. The number of likely N-dealkylation sites (N-methyl/N-ethyl adjacent to an activating group) is 1. The molecular weight excluding hydrogens is 442 g/mol. The minimum absolute atomic E-state index is 0. The SMILES string of the molecule is CCN(CC)c1ccc(C(=O)N(CCN(C)C)c2nc3c(F)cc(F)cc3s2)cc1.Cl. The highest BCUT2D eigenvalue weighted by Crippen LogP contribution is 2.32. The van der Waals surface area contributed by atoms with E-state index in [1.807, 2.05) is 31.1 Å². The summed E-state index contributed by atoms with van der Waals surface area (Å²) < 4.78 is 28.1. The van der Waals surface area contributed by atoms with Gasteiger partial charge in [-0.3, -0.25) is 9.69 Å². The molecule has 0 unspecified atom stereocenters. The number of rotatable bonds is 8. The van der Waals surface area contributed by atoms with Crippen LogP contribution in [0.2, 0.25) is 0 Å². The lowest BCUT2D eigenvalue weighted by atomic mass is 10.1. The first-order valence-corrected chi connectivity index (χ1v) is 10.7. The Kier molecular flexibility index (Phi) is 8.73. The number of amides is 1. The molecule has 3 rings (SSSR count). The largest absolute Gasteiger partial charge is 0.372 e. The summed E-state index contributed by atoms with van der Waals surface area (Å²) in [6, 6.07) is 9.50. The zero-order valence-corrected chi connectivity index (χ0v) is 19.7. The van der Waals surface area contributed by atoms with Crippen molar-refractivity contribution in [2.75, 3.05) is 50.1 Å². The molecule has 0 saturated carbocycles. The van der Waals surface area contributed by atoms with Crippen LogP contribution in [0.1, 0.15) is 24.2 Å². The normalized spacial score (nSPS) is 10.9. The fourth-order valence-corrected chi connectivity index (χ4v) is 4.23. The number of carbonyl (C=O) groups is 1. The first-order valence-electron chi connectivity index (χ1n) is 9.91. The van der Waals surface area contributed by atoms with Crippen LogP contribution in [0.15, 0.2) is 36.4 Å². The van der Waals surface area contributed by atoms with Gasteiger partial charge in [0.25, 0.3) is 5.91 Å². The highest BCUT2D eigenvalue weighted by atomic mass is 35.5. The second kappa shape index (κ2) is 10.8. The van der Waals surface area contributed by atoms with E-state index >= 15 is 0 Å². The molecule has 0 radical (unpaired) electrons. The lowest BCUT2D eigenvalue weighted by Crippen LogP contribution is -2.36. The Morgan fingerprint density at radius 3 is 2.26 bits per heavy atom. The van der Waals surface area contributed by atoms with E-state index in [0.717, 1.165) is 36.2 Å². The van der Waals surface area contributed by atoms with Crippen molar-refractivity contribution in [3.63, 3.8) is 0 Å². The average Bonchev–Trinajstić information content (AvgIpc) is 3.13. The van der Waals surface area contributed by atoms with Crippen molar-refractivity contribution in [1.82, 2.24) is 9.88 Å². The van der Waals surface area contributed by atoms with E-state index in [1.54, 1.807) is 12.1 Å². The van der Waals surface area contributed by atoms with Crippen LogP contribution < -0.4 is 9.80 Å². The molecule has 0 fully saturated rings. The fraction of sp³-hybridized carbons (Fsp3) is 0.364. The number of anilines is 2. The van der Waals surface area contributed by atoms with Gasteiger partial charge in [0.1, 0.15) is 11.3 Å². The number of benzene rings is 2. The lowest BCUT2D eigenvalue weighted by molar-refractivity contribution is 0.0985. The second-order valence-electron chi connectivity index (χ2n) is 7.21. The highest BCUT2D eigenvalue weighted by Gasteiger charge is 2.23. The summed E-state index contributed by atoms with van der Waals surface area (Å²) in [5.41, 5.74) is 1.65. The Hall–Kier alpha value is -2.29. The summed E-state index contributed by atoms with van der Waals surface area (Å²) in [5, 5.41) is 0.356. The van der Waals surface area contributed by atoms with E-state index in [1.165, 1.54) is 11.0 Å². The predicted molar refractivity (Wildman–Crippen MR) is 127 cm³/mol. The van der Waals surface area contributed by atoms with Gasteiger partial charge >= 0.3 is 0 Å². The zero-order valence-electron chi connectivity index (χ0n) is 18.1. The molecule has 0 N–H and O–H groups in total. The number of thiazole rings is 1. The van der Waals surface area contributed by atoms with E-state index in [9.17, 15) is 13.6 Å². The molecule has 0 aliphatic rings. The number of hydrogen-bond donors (Lipinski definition) is 0. The number of hydrogen-bond acceptors (Lipinski definition) is 5. The maximum Gasteiger partial charge on any atom is 0.260 e. The van der Waals surface area contributed by atoms with Crippen LogP contribution in [-0.4, -0.2) is 56.1 Å². The van der Waals surface area contributed by atoms with Crippen molar-refractivity contribution in [2.45, 2.75) is 13.8 Å². The zero-order chi connectivity index (χ0) is 21.8. The molecule has 0 aliphatic carbocycles.